The van der Waals surface area contributed by atoms with Crippen molar-refractivity contribution in [1.82, 2.24) is 14.5 Å². The molecule has 0 unspecified atom stereocenters. The van der Waals surface area contributed by atoms with Crippen molar-refractivity contribution in [3.63, 3.8) is 0 Å². The number of anilines is 1. The van der Waals surface area contributed by atoms with Crippen molar-refractivity contribution in [2.45, 2.75) is 29.4 Å². The molecule has 0 spiro atoms. The van der Waals surface area contributed by atoms with Crippen molar-refractivity contribution in [1.29, 1.82) is 0 Å². The average molecular weight is 348 g/mol. The summed E-state index contributed by atoms with van der Waals surface area (Å²) in [6.45, 7) is 0.792. The lowest BCUT2D eigenvalue weighted by molar-refractivity contribution is 0.615. The first-order chi connectivity index (χ1) is 12.3. The number of nitrogens with zero attached hydrogens (tertiary/aromatic N) is 3. The number of terminal acetylenes is 1. The van der Waals surface area contributed by atoms with Crippen LogP contribution in [0.2, 0.25) is 0 Å². The fourth-order valence-corrected chi connectivity index (χ4v) is 3.77. The van der Waals surface area contributed by atoms with Crippen LogP contribution in [-0.4, -0.2) is 14.5 Å². The second kappa shape index (κ2) is 6.54. The number of furan rings is 1. The number of aromatic nitrogens is 3. The molecule has 4 aromatic rings. The standard InChI is InChI=1S/C19H16N4OS/c1-2-3-4-10-23-15-7-9-21-18(20)17(15)22-19(23)25-14-5-6-16-13(12-14)8-11-24-16/h1,5-9,11-12H,3-4,10H2,(H2,20,21). The Balaban J connectivity index is 1.75. The normalized spacial score (nSPS) is 11.2. The van der Waals surface area contributed by atoms with Gasteiger partial charge in [-0.05, 0) is 36.8 Å². The number of imidazole rings is 1. The maximum absolute atomic E-state index is 6.01. The van der Waals surface area contributed by atoms with E-state index in [1.165, 1.54) is 0 Å². The lowest BCUT2D eigenvalue weighted by Gasteiger charge is -2.08. The highest BCUT2D eigenvalue weighted by Gasteiger charge is 2.14. The Morgan fingerprint density at radius 3 is 3.08 bits per heavy atom. The van der Waals surface area contributed by atoms with Gasteiger partial charge in [-0.3, -0.25) is 0 Å². The minimum absolute atomic E-state index is 0.445. The average Bonchev–Trinajstić information content (AvgIpc) is 3.21. The van der Waals surface area contributed by atoms with E-state index in [4.69, 9.17) is 21.6 Å². The SMILES string of the molecule is C#CCCCn1c(Sc2ccc3occc3c2)nc2c(N)nccc21. The zero-order valence-electron chi connectivity index (χ0n) is 13.5. The number of fused-ring (bicyclic) bond motifs is 2. The molecule has 0 saturated carbocycles. The van der Waals surface area contributed by atoms with Crippen LogP contribution in [-0.2, 0) is 6.54 Å². The van der Waals surface area contributed by atoms with Crippen LogP contribution in [0.25, 0.3) is 22.0 Å². The molecule has 0 saturated heterocycles. The van der Waals surface area contributed by atoms with E-state index in [2.05, 4.69) is 21.5 Å². The quantitative estimate of drug-likeness (QED) is 0.429. The summed E-state index contributed by atoms with van der Waals surface area (Å²) in [5.41, 5.74) is 8.60. The number of nitrogen functional groups attached to an aromatic ring is 1. The monoisotopic (exact) mass is 348 g/mol. The fraction of sp³-hybridized carbons (Fsp3) is 0.158. The van der Waals surface area contributed by atoms with Crippen LogP contribution < -0.4 is 5.73 Å². The first kappa shape index (κ1) is 15.6. The Morgan fingerprint density at radius 1 is 1.28 bits per heavy atom. The highest BCUT2D eigenvalue weighted by Crippen LogP contribution is 2.33. The molecular weight excluding hydrogens is 332 g/mol. The molecule has 124 valence electrons. The maximum Gasteiger partial charge on any atom is 0.174 e. The molecule has 2 N–H and O–H groups in total. The van der Waals surface area contributed by atoms with Gasteiger partial charge in [0.2, 0.25) is 0 Å². The van der Waals surface area contributed by atoms with Crippen LogP contribution in [0, 0.1) is 12.3 Å². The molecule has 0 fully saturated rings. The molecule has 1 aromatic carbocycles. The summed E-state index contributed by atoms with van der Waals surface area (Å²) in [6.07, 6.45) is 10.4. The van der Waals surface area contributed by atoms with Crippen LogP contribution >= 0.6 is 11.8 Å². The largest absolute Gasteiger partial charge is 0.464 e. The molecule has 0 atom stereocenters. The molecule has 0 amide bonds. The van der Waals surface area contributed by atoms with E-state index in [9.17, 15) is 0 Å². The summed E-state index contributed by atoms with van der Waals surface area (Å²) in [4.78, 5) is 9.96. The van der Waals surface area contributed by atoms with Crippen molar-refractivity contribution in [2.24, 2.45) is 0 Å². The van der Waals surface area contributed by atoms with Crippen LogP contribution in [0.1, 0.15) is 12.8 Å². The summed E-state index contributed by atoms with van der Waals surface area (Å²) in [5.74, 6) is 3.13. The number of hydrogen-bond donors (Lipinski definition) is 1. The van der Waals surface area contributed by atoms with Gasteiger partial charge in [0.05, 0.1) is 11.8 Å². The van der Waals surface area contributed by atoms with E-state index in [-0.39, 0.29) is 0 Å². The smallest absolute Gasteiger partial charge is 0.174 e. The molecule has 0 aliphatic heterocycles. The van der Waals surface area contributed by atoms with Crippen LogP contribution in [0.15, 0.2) is 57.3 Å². The van der Waals surface area contributed by atoms with Gasteiger partial charge >= 0.3 is 0 Å². The summed E-state index contributed by atoms with van der Waals surface area (Å²) in [7, 11) is 0. The Hall–Kier alpha value is -2.91. The number of unbranched alkanes of at least 4 members (excludes halogenated alkanes) is 1. The van der Waals surface area contributed by atoms with Gasteiger partial charge in [0, 0.05) is 29.4 Å². The van der Waals surface area contributed by atoms with Gasteiger partial charge in [0.25, 0.3) is 0 Å². The van der Waals surface area contributed by atoms with Gasteiger partial charge in [-0.25, -0.2) is 9.97 Å². The molecule has 4 rings (SSSR count). The first-order valence-electron chi connectivity index (χ1n) is 7.95. The second-order valence-electron chi connectivity index (χ2n) is 5.64. The van der Waals surface area contributed by atoms with Gasteiger partial charge in [-0.2, -0.15) is 0 Å². The first-order valence-corrected chi connectivity index (χ1v) is 8.77. The number of aryl methyl sites for hydroxylation is 1. The number of benzene rings is 1. The molecule has 0 aliphatic carbocycles. The zero-order chi connectivity index (χ0) is 17.2. The van der Waals surface area contributed by atoms with Crippen LogP contribution in [0.5, 0.6) is 0 Å². The van der Waals surface area contributed by atoms with Crippen molar-refractivity contribution in [3.05, 3.63) is 42.8 Å². The Labute approximate surface area is 149 Å². The van der Waals surface area contributed by atoms with Gasteiger partial charge in [-0.1, -0.05) is 11.8 Å². The van der Waals surface area contributed by atoms with Gasteiger partial charge in [0.15, 0.2) is 11.0 Å². The van der Waals surface area contributed by atoms with E-state index in [0.29, 0.717) is 5.82 Å². The highest BCUT2D eigenvalue weighted by molar-refractivity contribution is 7.99. The molecule has 3 aromatic heterocycles. The second-order valence-corrected chi connectivity index (χ2v) is 6.68. The van der Waals surface area contributed by atoms with Crippen LogP contribution in [0.3, 0.4) is 0 Å². The summed E-state index contributed by atoms with van der Waals surface area (Å²) < 4.78 is 7.56. The Morgan fingerprint density at radius 2 is 2.20 bits per heavy atom. The zero-order valence-corrected chi connectivity index (χ0v) is 14.3. The van der Waals surface area contributed by atoms with Crippen molar-refractivity contribution >= 4 is 39.6 Å². The third kappa shape index (κ3) is 2.94. The molecule has 3 heterocycles. The summed E-state index contributed by atoms with van der Waals surface area (Å²) in [6, 6.07) is 9.99. The lowest BCUT2D eigenvalue weighted by atomic mass is 10.3. The van der Waals surface area contributed by atoms with Crippen molar-refractivity contribution in [2.75, 3.05) is 5.73 Å². The molecule has 25 heavy (non-hydrogen) atoms. The number of rotatable bonds is 5. The van der Waals surface area contributed by atoms with E-state index in [0.717, 1.165) is 51.4 Å². The van der Waals surface area contributed by atoms with Gasteiger partial charge in [0.1, 0.15) is 11.1 Å². The molecule has 6 heteroatoms. The molecule has 0 aliphatic rings. The van der Waals surface area contributed by atoms with E-state index in [1.54, 1.807) is 24.2 Å². The Bertz CT molecular complexity index is 1090. The van der Waals surface area contributed by atoms with Crippen molar-refractivity contribution in [3.8, 4) is 12.3 Å². The summed E-state index contributed by atoms with van der Waals surface area (Å²) >= 11 is 1.60. The number of hydrogen-bond acceptors (Lipinski definition) is 5. The topological polar surface area (TPSA) is 69.9 Å². The highest BCUT2D eigenvalue weighted by atomic mass is 32.2. The Kier molecular flexibility index (Phi) is 4.08. The van der Waals surface area contributed by atoms with Crippen LogP contribution in [0.4, 0.5) is 5.82 Å². The number of pyridine rings is 1. The van der Waals surface area contributed by atoms with Crippen molar-refractivity contribution < 1.29 is 4.42 Å². The molecule has 0 bridgehead atoms. The van der Waals surface area contributed by atoms with Gasteiger partial charge in [-0.15, -0.1) is 12.3 Å². The third-order valence-corrected chi connectivity index (χ3v) is 4.98. The lowest BCUT2D eigenvalue weighted by Crippen LogP contribution is -2.00. The summed E-state index contributed by atoms with van der Waals surface area (Å²) in [5, 5.41) is 1.95. The predicted octanol–water partition coefficient (Wildman–Crippen LogP) is 4.32. The predicted molar refractivity (Wildman–Crippen MR) is 100 cm³/mol. The minimum atomic E-state index is 0.445. The molecule has 5 nitrogen and oxygen atoms in total. The number of nitrogens with two attached hydrogens (primary N) is 1. The van der Waals surface area contributed by atoms with E-state index in [1.807, 2.05) is 24.3 Å². The fourth-order valence-electron chi connectivity index (χ4n) is 2.80. The van der Waals surface area contributed by atoms with E-state index >= 15 is 0 Å². The molecule has 0 radical (unpaired) electrons. The van der Waals surface area contributed by atoms with E-state index < -0.39 is 0 Å². The third-order valence-electron chi connectivity index (χ3n) is 4.00. The van der Waals surface area contributed by atoms with Gasteiger partial charge < -0.3 is 14.7 Å². The maximum atomic E-state index is 6.01. The molecular formula is C19H16N4OS. The minimum Gasteiger partial charge on any atom is -0.464 e.